The van der Waals surface area contributed by atoms with E-state index in [1.165, 1.54) is 6.07 Å². The first-order valence-electron chi connectivity index (χ1n) is 6.60. The van der Waals surface area contributed by atoms with Gasteiger partial charge in [0.05, 0.1) is 0 Å². The van der Waals surface area contributed by atoms with Crippen LogP contribution in [0, 0.1) is 18.2 Å². The Morgan fingerprint density at radius 3 is 2.68 bits per heavy atom. The molecule has 0 aliphatic rings. The zero-order chi connectivity index (χ0) is 14.5. The summed E-state index contributed by atoms with van der Waals surface area (Å²) in [6, 6.07) is 5.02. The Kier molecular flexibility index (Phi) is 5.48. The molecule has 0 saturated carbocycles. The summed E-state index contributed by atoms with van der Waals surface area (Å²) < 4.78 is 13.1. The Morgan fingerprint density at radius 1 is 1.42 bits per heavy atom. The highest BCUT2D eigenvalue weighted by molar-refractivity contribution is 5.81. The maximum Gasteiger partial charge on any atom is 0.225 e. The second-order valence-corrected chi connectivity index (χ2v) is 5.51. The van der Waals surface area contributed by atoms with Crippen LogP contribution in [0.15, 0.2) is 18.2 Å². The molecule has 0 bridgehead atoms. The van der Waals surface area contributed by atoms with Gasteiger partial charge in [0.15, 0.2) is 0 Å². The van der Waals surface area contributed by atoms with Gasteiger partial charge in [-0.15, -0.1) is 0 Å². The largest absolute Gasteiger partial charge is 0.355 e. The molecule has 0 spiro atoms. The summed E-state index contributed by atoms with van der Waals surface area (Å²) in [7, 11) is 0. The molecule has 3 N–H and O–H groups in total. The van der Waals surface area contributed by atoms with Crippen molar-refractivity contribution >= 4 is 5.91 Å². The molecule has 0 atom stereocenters. The van der Waals surface area contributed by atoms with Crippen LogP contribution in [0.4, 0.5) is 4.39 Å². The molecular formula is C15H23FN2O. The third-order valence-electron chi connectivity index (χ3n) is 3.31. The zero-order valence-electron chi connectivity index (χ0n) is 11.9. The zero-order valence-corrected chi connectivity index (χ0v) is 11.9. The third kappa shape index (κ3) is 4.63. The van der Waals surface area contributed by atoms with Crippen molar-refractivity contribution in [3.63, 3.8) is 0 Å². The van der Waals surface area contributed by atoms with Gasteiger partial charge in [0.25, 0.3) is 0 Å². The molecule has 1 aromatic rings. The molecule has 3 nitrogen and oxygen atoms in total. The molecule has 0 aliphatic heterocycles. The summed E-state index contributed by atoms with van der Waals surface area (Å²) in [5, 5.41) is 2.90. The lowest BCUT2D eigenvalue weighted by molar-refractivity contribution is -0.129. The highest BCUT2D eigenvalue weighted by Crippen LogP contribution is 2.19. The predicted octanol–water partition coefficient (Wildman–Crippen LogP) is 2.17. The van der Waals surface area contributed by atoms with E-state index in [4.69, 9.17) is 5.73 Å². The smallest absolute Gasteiger partial charge is 0.225 e. The molecule has 4 heteroatoms. The van der Waals surface area contributed by atoms with Crippen molar-refractivity contribution in [3.8, 4) is 0 Å². The summed E-state index contributed by atoms with van der Waals surface area (Å²) in [5.41, 5.74) is 6.71. The van der Waals surface area contributed by atoms with Crippen LogP contribution in [0.3, 0.4) is 0 Å². The molecule has 0 fully saturated rings. The van der Waals surface area contributed by atoms with Crippen molar-refractivity contribution in [1.29, 1.82) is 0 Å². The Balaban J connectivity index is 2.46. The number of rotatable bonds is 6. The lowest BCUT2D eigenvalue weighted by atomic mass is 9.88. The van der Waals surface area contributed by atoms with Gasteiger partial charge in [0.1, 0.15) is 5.82 Å². The van der Waals surface area contributed by atoms with Gasteiger partial charge in [-0.25, -0.2) is 4.39 Å². The predicted molar refractivity (Wildman–Crippen MR) is 75.3 cm³/mol. The van der Waals surface area contributed by atoms with Crippen molar-refractivity contribution in [2.45, 2.75) is 33.6 Å². The standard InChI is InChI=1S/C15H23FN2O/c1-11-10-12(4-5-13(11)16)6-9-18-14(19)15(2,3)7-8-17/h4-5,10H,6-9,17H2,1-3H3,(H,18,19). The molecule has 0 saturated heterocycles. The molecule has 1 amide bonds. The first-order valence-corrected chi connectivity index (χ1v) is 6.60. The van der Waals surface area contributed by atoms with Crippen molar-refractivity contribution < 1.29 is 9.18 Å². The summed E-state index contributed by atoms with van der Waals surface area (Å²) in [6.07, 6.45) is 1.36. The fraction of sp³-hybridized carbons (Fsp3) is 0.533. The monoisotopic (exact) mass is 266 g/mol. The number of nitrogens with one attached hydrogen (secondary N) is 1. The maximum absolute atomic E-state index is 13.1. The Labute approximate surface area is 114 Å². The molecule has 0 aromatic heterocycles. The van der Waals surface area contributed by atoms with Gasteiger partial charge in [0, 0.05) is 12.0 Å². The molecule has 0 heterocycles. The van der Waals surface area contributed by atoms with Crippen LogP contribution in [0.2, 0.25) is 0 Å². The van der Waals surface area contributed by atoms with E-state index in [0.717, 1.165) is 5.56 Å². The van der Waals surface area contributed by atoms with E-state index in [1.54, 1.807) is 13.0 Å². The summed E-state index contributed by atoms with van der Waals surface area (Å²) in [4.78, 5) is 11.9. The SMILES string of the molecule is Cc1cc(CCNC(=O)C(C)(C)CCN)ccc1F. The minimum atomic E-state index is -0.437. The number of carbonyl (C=O) groups is 1. The molecule has 1 aromatic carbocycles. The summed E-state index contributed by atoms with van der Waals surface area (Å²) >= 11 is 0. The van der Waals surface area contributed by atoms with Gasteiger partial charge >= 0.3 is 0 Å². The van der Waals surface area contributed by atoms with Gasteiger partial charge in [-0.2, -0.15) is 0 Å². The second kappa shape index (κ2) is 6.66. The Morgan fingerprint density at radius 2 is 2.11 bits per heavy atom. The van der Waals surface area contributed by atoms with Gasteiger partial charge in [-0.05, 0) is 43.5 Å². The molecule has 0 aliphatic carbocycles. The minimum absolute atomic E-state index is 0.0109. The number of amides is 1. The Hall–Kier alpha value is -1.42. The van der Waals surface area contributed by atoms with Crippen molar-refractivity contribution in [2.24, 2.45) is 11.1 Å². The van der Waals surface area contributed by atoms with Crippen LogP contribution in [-0.2, 0) is 11.2 Å². The average molecular weight is 266 g/mol. The molecule has 0 radical (unpaired) electrons. The third-order valence-corrected chi connectivity index (χ3v) is 3.31. The minimum Gasteiger partial charge on any atom is -0.355 e. The average Bonchev–Trinajstić information content (AvgIpc) is 2.33. The van der Waals surface area contributed by atoms with Crippen LogP contribution in [-0.4, -0.2) is 19.0 Å². The number of hydrogen-bond donors (Lipinski definition) is 2. The number of hydrogen-bond acceptors (Lipinski definition) is 2. The quantitative estimate of drug-likeness (QED) is 0.829. The van der Waals surface area contributed by atoms with E-state index in [2.05, 4.69) is 5.32 Å². The van der Waals surface area contributed by atoms with E-state index in [-0.39, 0.29) is 11.7 Å². The van der Waals surface area contributed by atoms with Crippen LogP contribution in [0.5, 0.6) is 0 Å². The number of carbonyl (C=O) groups excluding carboxylic acids is 1. The fourth-order valence-electron chi connectivity index (χ4n) is 1.90. The van der Waals surface area contributed by atoms with Gasteiger partial charge in [0.2, 0.25) is 5.91 Å². The highest BCUT2D eigenvalue weighted by Gasteiger charge is 2.25. The van der Waals surface area contributed by atoms with Crippen LogP contribution >= 0.6 is 0 Å². The Bertz CT molecular complexity index is 444. The number of halogens is 1. The lowest BCUT2D eigenvalue weighted by Crippen LogP contribution is -2.39. The topological polar surface area (TPSA) is 55.1 Å². The normalized spacial score (nSPS) is 11.4. The fourth-order valence-corrected chi connectivity index (χ4v) is 1.90. The van der Waals surface area contributed by atoms with E-state index in [0.29, 0.717) is 31.5 Å². The molecule has 1 rings (SSSR count). The molecular weight excluding hydrogens is 243 g/mol. The van der Waals surface area contributed by atoms with Gasteiger partial charge < -0.3 is 11.1 Å². The number of nitrogens with two attached hydrogens (primary N) is 1. The van der Waals surface area contributed by atoms with Gasteiger partial charge in [-0.1, -0.05) is 26.0 Å². The second-order valence-electron chi connectivity index (χ2n) is 5.51. The molecule has 0 unspecified atom stereocenters. The summed E-state index contributed by atoms with van der Waals surface area (Å²) in [6.45, 7) is 6.56. The van der Waals surface area contributed by atoms with Crippen LogP contribution in [0.25, 0.3) is 0 Å². The maximum atomic E-state index is 13.1. The molecule has 106 valence electrons. The van der Waals surface area contributed by atoms with E-state index >= 15 is 0 Å². The van der Waals surface area contributed by atoms with E-state index < -0.39 is 5.41 Å². The number of benzene rings is 1. The number of aryl methyl sites for hydroxylation is 1. The van der Waals surface area contributed by atoms with E-state index in [9.17, 15) is 9.18 Å². The van der Waals surface area contributed by atoms with Crippen LogP contribution in [0.1, 0.15) is 31.4 Å². The van der Waals surface area contributed by atoms with Crippen molar-refractivity contribution in [1.82, 2.24) is 5.32 Å². The summed E-state index contributed by atoms with van der Waals surface area (Å²) in [5.74, 6) is -0.186. The lowest BCUT2D eigenvalue weighted by Gasteiger charge is -2.22. The molecule has 19 heavy (non-hydrogen) atoms. The first-order chi connectivity index (χ1) is 8.86. The van der Waals surface area contributed by atoms with Crippen molar-refractivity contribution in [3.05, 3.63) is 35.1 Å². The van der Waals surface area contributed by atoms with E-state index in [1.807, 2.05) is 19.9 Å². The van der Waals surface area contributed by atoms with Crippen LogP contribution < -0.4 is 11.1 Å². The first kappa shape index (κ1) is 15.6. The highest BCUT2D eigenvalue weighted by atomic mass is 19.1. The van der Waals surface area contributed by atoms with Gasteiger partial charge in [-0.3, -0.25) is 4.79 Å². The van der Waals surface area contributed by atoms with Crippen molar-refractivity contribution in [2.75, 3.05) is 13.1 Å².